The van der Waals surface area contributed by atoms with Crippen LogP contribution in [0.15, 0.2) is 6.33 Å². The van der Waals surface area contributed by atoms with E-state index < -0.39 is 6.04 Å². The summed E-state index contributed by atoms with van der Waals surface area (Å²) < 4.78 is 1.88. The second-order valence-corrected chi connectivity index (χ2v) is 4.16. The molecule has 1 aromatic rings. The van der Waals surface area contributed by atoms with E-state index in [2.05, 4.69) is 15.5 Å². The monoisotopic (exact) mass is 239 g/mol. The molecule has 6 nitrogen and oxygen atoms in total. The number of rotatable bonds is 6. The van der Waals surface area contributed by atoms with Crippen LogP contribution in [0.1, 0.15) is 33.0 Å². The smallest absolute Gasteiger partial charge is 0.237 e. The molecule has 3 N–H and O–H groups in total. The molecule has 1 amide bonds. The molecule has 0 aliphatic heterocycles. The van der Waals surface area contributed by atoms with Crippen LogP contribution in [-0.2, 0) is 17.9 Å². The number of nitrogens with zero attached hydrogens (tertiary/aromatic N) is 3. The highest BCUT2D eigenvalue weighted by Crippen LogP contribution is 2.05. The summed E-state index contributed by atoms with van der Waals surface area (Å²) in [5, 5.41) is 10.5. The van der Waals surface area contributed by atoms with Gasteiger partial charge in [0.05, 0.1) is 12.6 Å². The van der Waals surface area contributed by atoms with E-state index in [0.29, 0.717) is 6.54 Å². The molecule has 0 aliphatic carbocycles. The minimum atomic E-state index is -0.460. The van der Waals surface area contributed by atoms with Gasteiger partial charge in [0, 0.05) is 6.54 Å². The molecule has 0 bridgehead atoms. The van der Waals surface area contributed by atoms with Crippen molar-refractivity contribution in [2.45, 2.75) is 46.3 Å². The molecule has 2 atom stereocenters. The zero-order chi connectivity index (χ0) is 12.8. The summed E-state index contributed by atoms with van der Waals surface area (Å²) in [5.41, 5.74) is 5.83. The molecule has 0 fully saturated rings. The van der Waals surface area contributed by atoms with E-state index in [-0.39, 0.29) is 11.8 Å². The van der Waals surface area contributed by atoms with E-state index >= 15 is 0 Å². The quantitative estimate of drug-likeness (QED) is 0.747. The van der Waals surface area contributed by atoms with E-state index in [1.807, 2.05) is 25.3 Å². The van der Waals surface area contributed by atoms with Crippen molar-refractivity contribution in [1.29, 1.82) is 0 Å². The summed E-state index contributed by atoms with van der Waals surface area (Å²) >= 11 is 0. The van der Waals surface area contributed by atoms with Crippen LogP contribution in [0.4, 0.5) is 0 Å². The molecule has 1 unspecified atom stereocenters. The fourth-order valence-corrected chi connectivity index (χ4v) is 1.48. The van der Waals surface area contributed by atoms with Crippen LogP contribution >= 0.6 is 0 Å². The van der Waals surface area contributed by atoms with E-state index in [1.54, 1.807) is 6.33 Å². The number of hydrogen-bond donors (Lipinski definition) is 2. The van der Waals surface area contributed by atoms with E-state index in [1.165, 1.54) is 0 Å². The summed E-state index contributed by atoms with van der Waals surface area (Å²) in [7, 11) is 0. The number of hydrogen-bond acceptors (Lipinski definition) is 4. The third-order valence-electron chi connectivity index (χ3n) is 3.02. The van der Waals surface area contributed by atoms with Crippen LogP contribution in [0.2, 0.25) is 0 Å². The molecule has 6 heteroatoms. The van der Waals surface area contributed by atoms with Crippen molar-refractivity contribution < 1.29 is 4.79 Å². The standard InChI is InChI=1S/C11H21N5O/c1-4-8(3)10(12)11(17)13-6-9-15-14-7-16(9)5-2/h7-8,10H,4-6,12H2,1-3H3,(H,13,17)/t8?,10-/m0/s1. The van der Waals surface area contributed by atoms with Crippen molar-refractivity contribution in [3.05, 3.63) is 12.2 Å². The highest BCUT2D eigenvalue weighted by Gasteiger charge is 2.19. The van der Waals surface area contributed by atoms with Crippen LogP contribution in [-0.4, -0.2) is 26.7 Å². The molecule has 0 saturated carbocycles. The molecular formula is C11H21N5O. The summed E-state index contributed by atoms with van der Waals surface area (Å²) in [6.07, 6.45) is 2.54. The fraction of sp³-hybridized carbons (Fsp3) is 0.727. The highest BCUT2D eigenvalue weighted by atomic mass is 16.2. The number of nitrogens with one attached hydrogen (secondary N) is 1. The number of nitrogens with two attached hydrogens (primary N) is 1. The third-order valence-corrected chi connectivity index (χ3v) is 3.02. The SMILES string of the molecule is CCC(C)[C@H](N)C(=O)NCc1nncn1CC. The Kier molecular flexibility index (Phi) is 5.09. The average Bonchev–Trinajstić information content (AvgIpc) is 2.81. The second kappa shape index (κ2) is 6.34. The number of carbonyl (C=O) groups excluding carboxylic acids is 1. The summed E-state index contributed by atoms with van der Waals surface area (Å²) in [4.78, 5) is 11.7. The van der Waals surface area contributed by atoms with Gasteiger partial charge in [-0.05, 0) is 12.8 Å². The number of aromatic nitrogens is 3. The van der Waals surface area contributed by atoms with Crippen molar-refractivity contribution in [3.8, 4) is 0 Å². The Morgan fingerprint density at radius 3 is 2.88 bits per heavy atom. The summed E-state index contributed by atoms with van der Waals surface area (Å²) in [5.74, 6) is 0.793. The molecule has 0 aromatic carbocycles. The molecular weight excluding hydrogens is 218 g/mol. The number of carbonyl (C=O) groups is 1. The first kappa shape index (κ1) is 13.6. The molecule has 0 aliphatic rings. The van der Waals surface area contributed by atoms with Crippen LogP contribution in [0.25, 0.3) is 0 Å². The van der Waals surface area contributed by atoms with E-state index in [9.17, 15) is 4.79 Å². The Hall–Kier alpha value is -1.43. The van der Waals surface area contributed by atoms with Crippen molar-refractivity contribution in [2.75, 3.05) is 0 Å². The van der Waals surface area contributed by atoms with Gasteiger partial charge in [-0.25, -0.2) is 0 Å². The second-order valence-electron chi connectivity index (χ2n) is 4.16. The topological polar surface area (TPSA) is 85.8 Å². The zero-order valence-electron chi connectivity index (χ0n) is 10.7. The largest absolute Gasteiger partial charge is 0.347 e. The van der Waals surface area contributed by atoms with Gasteiger partial charge >= 0.3 is 0 Å². The highest BCUT2D eigenvalue weighted by molar-refractivity contribution is 5.81. The Balaban J connectivity index is 2.48. The van der Waals surface area contributed by atoms with Gasteiger partial charge < -0.3 is 15.6 Å². The van der Waals surface area contributed by atoms with Crippen molar-refractivity contribution in [1.82, 2.24) is 20.1 Å². The molecule has 0 spiro atoms. The van der Waals surface area contributed by atoms with Gasteiger partial charge in [-0.1, -0.05) is 20.3 Å². The maximum Gasteiger partial charge on any atom is 0.237 e. The lowest BCUT2D eigenvalue weighted by Crippen LogP contribution is -2.44. The molecule has 0 saturated heterocycles. The summed E-state index contributed by atoms with van der Waals surface area (Å²) in [6.45, 7) is 7.15. The van der Waals surface area contributed by atoms with Gasteiger partial charge in [0.25, 0.3) is 0 Å². The normalized spacial score (nSPS) is 14.4. The van der Waals surface area contributed by atoms with Gasteiger partial charge in [-0.3, -0.25) is 4.79 Å². The van der Waals surface area contributed by atoms with Gasteiger partial charge in [0.2, 0.25) is 5.91 Å². The Labute approximate surface area is 102 Å². The number of aryl methyl sites for hydroxylation is 1. The molecule has 1 rings (SSSR count). The first-order chi connectivity index (χ1) is 8.10. The predicted molar refractivity (Wildman–Crippen MR) is 65.0 cm³/mol. The maximum atomic E-state index is 11.7. The van der Waals surface area contributed by atoms with Crippen LogP contribution in [0.3, 0.4) is 0 Å². The van der Waals surface area contributed by atoms with Gasteiger partial charge in [-0.2, -0.15) is 0 Å². The Bertz CT molecular complexity index is 362. The first-order valence-corrected chi connectivity index (χ1v) is 6.00. The lowest BCUT2D eigenvalue weighted by Gasteiger charge is -2.17. The molecule has 17 heavy (non-hydrogen) atoms. The van der Waals surface area contributed by atoms with E-state index in [0.717, 1.165) is 18.8 Å². The Morgan fingerprint density at radius 2 is 2.29 bits per heavy atom. The lowest BCUT2D eigenvalue weighted by atomic mass is 9.99. The Morgan fingerprint density at radius 1 is 1.59 bits per heavy atom. The van der Waals surface area contributed by atoms with Crippen LogP contribution in [0.5, 0.6) is 0 Å². The predicted octanol–water partition coefficient (Wildman–Crippen LogP) is 0.288. The first-order valence-electron chi connectivity index (χ1n) is 6.00. The minimum absolute atomic E-state index is 0.134. The van der Waals surface area contributed by atoms with Gasteiger partial charge in [-0.15, -0.1) is 10.2 Å². The van der Waals surface area contributed by atoms with Gasteiger partial charge in [0.15, 0.2) is 5.82 Å². The fourth-order valence-electron chi connectivity index (χ4n) is 1.48. The molecule has 1 heterocycles. The van der Waals surface area contributed by atoms with Crippen LogP contribution < -0.4 is 11.1 Å². The minimum Gasteiger partial charge on any atom is -0.347 e. The lowest BCUT2D eigenvalue weighted by molar-refractivity contribution is -0.123. The van der Waals surface area contributed by atoms with Gasteiger partial charge in [0.1, 0.15) is 6.33 Å². The van der Waals surface area contributed by atoms with Crippen molar-refractivity contribution >= 4 is 5.91 Å². The molecule has 1 aromatic heterocycles. The average molecular weight is 239 g/mol. The van der Waals surface area contributed by atoms with Crippen molar-refractivity contribution in [3.63, 3.8) is 0 Å². The molecule has 0 radical (unpaired) electrons. The number of amides is 1. The maximum absolute atomic E-state index is 11.7. The van der Waals surface area contributed by atoms with Crippen LogP contribution in [0, 0.1) is 5.92 Å². The van der Waals surface area contributed by atoms with E-state index in [4.69, 9.17) is 5.73 Å². The summed E-state index contributed by atoms with van der Waals surface area (Å²) in [6, 6.07) is -0.460. The van der Waals surface area contributed by atoms with Crippen molar-refractivity contribution in [2.24, 2.45) is 11.7 Å². The third kappa shape index (κ3) is 3.52. The molecule has 96 valence electrons. The zero-order valence-corrected chi connectivity index (χ0v) is 10.7.